The fraction of sp³-hybridized carbons (Fsp3) is 0.857. The summed E-state index contributed by atoms with van der Waals surface area (Å²) in [6.45, 7) is 7.24. The van der Waals surface area contributed by atoms with Gasteiger partial charge in [-0.1, -0.05) is 20.8 Å². The molecule has 0 fully saturated rings. The normalized spacial score (nSPS) is 12.4. The van der Waals surface area contributed by atoms with Gasteiger partial charge < -0.3 is 15.5 Å². The third kappa shape index (κ3) is 6.57. The van der Waals surface area contributed by atoms with E-state index in [-0.39, 0.29) is 24.3 Å². The Morgan fingerprint density at radius 3 is 2.16 bits per heavy atom. The molecule has 112 valence electrons. The smallest absolute Gasteiger partial charge is 0.241 e. The van der Waals surface area contributed by atoms with Crippen molar-refractivity contribution >= 4 is 11.8 Å². The Kier molecular flexibility index (Phi) is 8.39. The van der Waals surface area contributed by atoms with Crippen LogP contribution >= 0.6 is 0 Å². The Morgan fingerprint density at radius 1 is 1.21 bits per heavy atom. The summed E-state index contributed by atoms with van der Waals surface area (Å²) in [6, 6.07) is 0. The maximum absolute atomic E-state index is 12.4. The molecule has 2 amide bonds. The van der Waals surface area contributed by atoms with Crippen molar-refractivity contribution < 1.29 is 9.59 Å². The van der Waals surface area contributed by atoms with Crippen molar-refractivity contribution in [1.29, 1.82) is 0 Å². The van der Waals surface area contributed by atoms with Gasteiger partial charge in [-0.05, 0) is 18.8 Å². The first kappa shape index (κ1) is 17.9. The number of carbonyl (C=O) groups excluding carboxylic acids is 2. The molecule has 0 aromatic carbocycles. The molecule has 0 saturated carbocycles. The molecule has 0 aliphatic heterocycles. The van der Waals surface area contributed by atoms with Crippen molar-refractivity contribution in [1.82, 2.24) is 9.80 Å². The second-order valence-corrected chi connectivity index (χ2v) is 5.61. The van der Waals surface area contributed by atoms with Gasteiger partial charge in [0.05, 0.1) is 12.5 Å². The highest BCUT2D eigenvalue weighted by Gasteiger charge is 2.25. The molecule has 1 atom stereocenters. The first-order valence-electron chi connectivity index (χ1n) is 7.02. The SMILES string of the molecule is CCCN(CC(=O)N(C)C)C(=O)C(CN)CC(C)C. The van der Waals surface area contributed by atoms with E-state index in [0.717, 1.165) is 12.8 Å². The van der Waals surface area contributed by atoms with Crippen molar-refractivity contribution in [3.8, 4) is 0 Å². The van der Waals surface area contributed by atoms with Gasteiger partial charge in [0, 0.05) is 27.2 Å². The van der Waals surface area contributed by atoms with Gasteiger partial charge in [0.1, 0.15) is 0 Å². The predicted octanol–water partition coefficient (Wildman–Crippen LogP) is 0.934. The van der Waals surface area contributed by atoms with E-state index in [1.54, 1.807) is 19.0 Å². The van der Waals surface area contributed by atoms with Crippen molar-refractivity contribution in [3.63, 3.8) is 0 Å². The van der Waals surface area contributed by atoms with Crippen molar-refractivity contribution in [2.75, 3.05) is 33.7 Å². The summed E-state index contributed by atoms with van der Waals surface area (Å²) in [7, 11) is 3.40. The lowest BCUT2D eigenvalue weighted by Crippen LogP contribution is -2.45. The standard InChI is InChI=1S/C14H29N3O2/c1-6-7-17(10-13(18)16(4)5)14(19)12(9-15)8-11(2)3/h11-12H,6-10,15H2,1-5H3. The number of rotatable bonds is 8. The summed E-state index contributed by atoms with van der Waals surface area (Å²) in [5, 5.41) is 0. The largest absolute Gasteiger partial charge is 0.347 e. The zero-order valence-corrected chi connectivity index (χ0v) is 13.0. The molecular weight excluding hydrogens is 242 g/mol. The molecule has 19 heavy (non-hydrogen) atoms. The van der Waals surface area contributed by atoms with E-state index < -0.39 is 0 Å². The molecule has 0 aromatic heterocycles. The predicted molar refractivity (Wildman–Crippen MR) is 77.6 cm³/mol. The van der Waals surface area contributed by atoms with Crippen LogP contribution in [0, 0.1) is 11.8 Å². The lowest BCUT2D eigenvalue weighted by Gasteiger charge is -2.28. The van der Waals surface area contributed by atoms with E-state index in [2.05, 4.69) is 13.8 Å². The molecule has 5 nitrogen and oxygen atoms in total. The van der Waals surface area contributed by atoms with Gasteiger partial charge in [0.15, 0.2) is 0 Å². The summed E-state index contributed by atoms with van der Waals surface area (Å²) >= 11 is 0. The van der Waals surface area contributed by atoms with Gasteiger partial charge in [-0.2, -0.15) is 0 Å². The Bertz CT molecular complexity index is 290. The molecule has 1 unspecified atom stereocenters. The van der Waals surface area contributed by atoms with Crippen LogP contribution in [0.15, 0.2) is 0 Å². The van der Waals surface area contributed by atoms with Crippen molar-refractivity contribution in [2.45, 2.75) is 33.6 Å². The zero-order valence-electron chi connectivity index (χ0n) is 13.0. The van der Waals surface area contributed by atoms with Gasteiger partial charge in [-0.25, -0.2) is 0 Å². The summed E-state index contributed by atoms with van der Waals surface area (Å²) in [4.78, 5) is 27.4. The first-order valence-corrected chi connectivity index (χ1v) is 7.02. The van der Waals surface area contributed by atoms with Gasteiger partial charge in [-0.3, -0.25) is 9.59 Å². The van der Waals surface area contributed by atoms with Crippen LogP contribution in [0.2, 0.25) is 0 Å². The zero-order chi connectivity index (χ0) is 15.0. The summed E-state index contributed by atoms with van der Waals surface area (Å²) < 4.78 is 0. The fourth-order valence-electron chi connectivity index (χ4n) is 1.97. The van der Waals surface area contributed by atoms with E-state index in [4.69, 9.17) is 5.73 Å². The number of nitrogens with zero attached hydrogens (tertiary/aromatic N) is 2. The number of nitrogens with two attached hydrogens (primary N) is 1. The Morgan fingerprint density at radius 2 is 1.79 bits per heavy atom. The molecule has 0 rings (SSSR count). The molecule has 0 saturated heterocycles. The van der Waals surface area contributed by atoms with E-state index in [1.807, 2.05) is 6.92 Å². The molecular formula is C14H29N3O2. The number of amides is 2. The Hall–Kier alpha value is -1.10. The van der Waals surface area contributed by atoms with E-state index >= 15 is 0 Å². The highest BCUT2D eigenvalue weighted by atomic mass is 16.2. The average Bonchev–Trinajstić information content (AvgIpc) is 2.34. The van der Waals surface area contributed by atoms with Crippen LogP contribution in [0.4, 0.5) is 0 Å². The second-order valence-electron chi connectivity index (χ2n) is 5.61. The van der Waals surface area contributed by atoms with Crippen LogP contribution in [0.5, 0.6) is 0 Å². The van der Waals surface area contributed by atoms with Crippen molar-refractivity contribution in [3.05, 3.63) is 0 Å². The van der Waals surface area contributed by atoms with Crippen LogP contribution in [-0.2, 0) is 9.59 Å². The van der Waals surface area contributed by atoms with Crippen LogP contribution in [0.3, 0.4) is 0 Å². The van der Waals surface area contributed by atoms with Gasteiger partial charge in [-0.15, -0.1) is 0 Å². The highest BCUT2D eigenvalue weighted by molar-refractivity contribution is 5.85. The third-order valence-corrected chi connectivity index (χ3v) is 3.02. The van der Waals surface area contributed by atoms with Crippen molar-refractivity contribution in [2.24, 2.45) is 17.6 Å². The minimum Gasteiger partial charge on any atom is -0.347 e. The quantitative estimate of drug-likeness (QED) is 0.714. The van der Waals surface area contributed by atoms with Gasteiger partial charge in [0.2, 0.25) is 11.8 Å². The van der Waals surface area contributed by atoms with E-state index in [1.165, 1.54) is 4.90 Å². The minimum absolute atomic E-state index is 0.00764. The summed E-state index contributed by atoms with van der Waals surface area (Å²) in [5.74, 6) is 0.197. The molecule has 0 bridgehead atoms. The van der Waals surface area contributed by atoms with Crippen LogP contribution in [0.1, 0.15) is 33.6 Å². The summed E-state index contributed by atoms with van der Waals surface area (Å²) in [5.41, 5.74) is 5.70. The lowest BCUT2D eigenvalue weighted by molar-refractivity contribution is -0.142. The maximum atomic E-state index is 12.4. The van der Waals surface area contributed by atoms with Crippen LogP contribution in [0.25, 0.3) is 0 Å². The maximum Gasteiger partial charge on any atom is 0.241 e. The number of hydrogen-bond donors (Lipinski definition) is 1. The molecule has 0 radical (unpaired) electrons. The summed E-state index contributed by atoms with van der Waals surface area (Å²) in [6.07, 6.45) is 1.61. The fourth-order valence-corrected chi connectivity index (χ4v) is 1.97. The molecule has 0 aliphatic rings. The van der Waals surface area contributed by atoms with Gasteiger partial charge in [0.25, 0.3) is 0 Å². The number of carbonyl (C=O) groups is 2. The minimum atomic E-state index is -0.179. The number of likely N-dealkylation sites (N-methyl/N-ethyl adjacent to an activating group) is 1. The lowest BCUT2D eigenvalue weighted by atomic mass is 9.95. The van der Waals surface area contributed by atoms with Crippen LogP contribution < -0.4 is 5.73 Å². The third-order valence-electron chi connectivity index (χ3n) is 3.02. The molecule has 0 aromatic rings. The second kappa shape index (κ2) is 8.91. The molecule has 0 spiro atoms. The Balaban J connectivity index is 4.74. The molecule has 5 heteroatoms. The molecule has 0 aliphatic carbocycles. The average molecular weight is 271 g/mol. The first-order chi connectivity index (χ1) is 8.83. The Labute approximate surface area is 117 Å². The monoisotopic (exact) mass is 271 g/mol. The van der Waals surface area contributed by atoms with E-state index in [9.17, 15) is 9.59 Å². The highest BCUT2D eigenvalue weighted by Crippen LogP contribution is 2.14. The number of hydrogen-bond acceptors (Lipinski definition) is 3. The van der Waals surface area contributed by atoms with Gasteiger partial charge >= 0.3 is 0 Å². The molecule has 0 heterocycles. The topological polar surface area (TPSA) is 66.6 Å². The van der Waals surface area contributed by atoms with E-state index in [0.29, 0.717) is 19.0 Å². The molecule has 2 N–H and O–H groups in total. The van der Waals surface area contributed by atoms with Crippen LogP contribution in [-0.4, -0.2) is 55.3 Å².